The number of rotatable bonds is 7. The third-order valence-electron chi connectivity index (χ3n) is 3.38. The van der Waals surface area contributed by atoms with Crippen LogP contribution in [0.4, 0.5) is 11.6 Å². The summed E-state index contributed by atoms with van der Waals surface area (Å²) in [6.45, 7) is 1.23. The minimum Gasteiger partial charge on any atom is -0.619 e. The van der Waals surface area contributed by atoms with E-state index in [-0.39, 0.29) is 6.61 Å². The third-order valence-corrected chi connectivity index (χ3v) is 3.94. The first-order valence-electron chi connectivity index (χ1n) is 7.48. The Morgan fingerprint density at radius 3 is 3.04 bits per heavy atom. The highest BCUT2D eigenvalue weighted by Crippen LogP contribution is 2.22. The summed E-state index contributed by atoms with van der Waals surface area (Å²) in [5, 5.41) is 31.0. The minimum atomic E-state index is 0.125. The summed E-state index contributed by atoms with van der Waals surface area (Å²) in [4.78, 5) is 4.50. The van der Waals surface area contributed by atoms with Crippen LogP contribution < -0.4 is 15.4 Å². The minimum absolute atomic E-state index is 0.125. The quantitative estimate of drug-likeness (QED) is 0.320. The summed E-state index contributed by atoms with van der Waals surface area (Å²) in [6, 6.07) is 5.43. The van der Waals surface area contributed by atoms with Gasteiger partial charge < -0.3 is 20.9 Å². The number of nitrogens with one attached hydrogen (secondary N) is 2. The Hall–Kier alpha value is -2.39. The van der Waals surface area contributed by atoms with Crippen molar-refractivity contribution in [2.24, 2.45) is 0 Å². The fourth-order valence-electron chi connectivity index (χ4n) is 2.25. The van der Waals surface area contributed by atoms with Crippen LogP contribution in [0.5, 0.6) is 0 Å². The van der Waals surface area contributed by atoms with Crippen molar-refractivity contribution in [1.82, 2.24) is 14.6 Å². The average Bonchev–Trinajstić information content (AvgIpc) is 2.95. The molecule has 0 bridgehead atoms. The fourth-order valence-corrected chi connectivity index (χ4v) is 2.59. The molecule has 0 amide bonds. The molecule has 3 heterocycles. The van der Waals surface area contributed by atoms with Gasteiger partial charge in [0.2, 0.25) is 0 Å². The molecule has 3 aromatic rings. The number of fused-ring (bicyclic) bond motifs is 1. The summed E-state index contributed by atoms with van der Waals surface area (Å²) in [7, 11) is 0. The Morgan fingerprint density at radius 2 is 2.25 bits per heavy atom. The molecule has 0 saturated heterocycles. The Balaban J connectivity index is 1.84. The molecule has 3 rings (SSSR count). The van der Waals surface area contributed by atoms with E-state index in [0.717, 1.165) is 20.6 Å². The number of aromatic nitrogens is 4. The first kappa shape index (κ1) is 16.5. The topological polar surface area (TPSA) is 101 Å². The lowest BCUT2D eigenvalue weighted by Crippen LogP contribution is -2.25. The van der Waals surface area contributed by atoms with Gasteiger partial charge in [-0.1, -0.05) is 0 Å². The van der Waals surface area contributed by atoms with Crippen molar-refractivity contribution in [2.45, 2.75) is 13.0 Å². The number of hydrogen-bond donors (Lipinski definition) is 3. The van der Waals surface area contributed by atoms with E-state index < -0.39 is 0 Å². The van der Waals surface area contributed by atoms with Crippen LogP contribution in [0.3, 0.4) is 0 Å². The van der Waals surface area contributed by atoms with Gasteiger partial charge in [-0.05, 0) is 28.4 Å². The van der Waals surface area contributed by atoms with Gasteiger partial charge >= 0.3 is 0 Å². The lowest BCUT2D eigenvalue weighted by molar-refractivity contribution is -0.605. The lowest BCUT2D eigenvalue weighted by Gasteiger charge is -2.11. The highest BCUT2D eigenvalue weighted by atomic mass is 79.9. The molecule has 3 N–H and O–H groups in total. The van der Waals surface area contributed by atoms with Crippen molar-refractivity contribution in [3.63, 3.8) is 0 Å². The first-order chi connectivity index (χ1) is 11.7. The van der Waals surface area contributed by atoms with Crippen LogP contribution >= 0.6 is 15.9 Å². The molecule has 0 unspecified atom stereocenters. The van der Waals surface area contributed by atoms with Gasteiger partial charge in [0.05, 0.1) is 10.7 Å². The molecule has 24 heavy (non-hydrogen) atoms. The van der Waals surface area contributed by atoms with Gasteiger partial charge in [0.1, 0.15) is 11.6 Å². The standard InChI is InChI=1S/C15H17BrN6O2/c16-12-9-19-22-14(18-8-11-3-1-5-21(24)10-11)7-13(20-15(12)22)17-4-2-6-23/h1,3,5,7,9-10,18,23H,2,4,6,8H2,(H,17,20). The summed E-state index contributed by atoms with van der Waals surface area (Å²) >= 11 is 3.44. The van der Waals surface area contributed by atoms with Gasteiger partial charge in [0.15, 0.2) is 18.0 Å². The number of aliphatic hydroxyl groups excluding tert-OH is 1. The summed E-state index contributed by atoms with van der Waals surface area (Å²) in [5.41, 5.74) is 1.54. The van der Waals surface area contributed by atoms with Crippen LogP contribution in [0.2, 0.25) is 0 Å². The van der Waals surface area contributed by atoms with Gasteiger partial charge in [-0.3, -0.25) is 0 Å². The Morgan fingerprint density at radius 1 is 1.38 bits per heavy atom. The Labute approximate surface area is 146 Å². The first-order valence-corrected chi connectivity index (χ1v) is 8.27. The predicted molar refractivity (Wildman–Crippen MR) is 93.6 cm³/mol. The molecule has 0 aliphatic carbocycles. The van der Waals surface area contributed by atoms with E-state index in [1.807, 2.05) is 12.1 Å². The molecule has 0 aromatic carbocycles. The molecule has 0 radical (unpaired) electrons. The third kappa shape index (κ3) is 3.74. The molecule has 0 fully saturated rings. The molecule has 126 valence electrons. The second-order valence-corrected chi connectivity index (χ2v) is 6.04. The zero-order valence-electron chi connectivity index (χ0n) is 12.8. The van der Waals surface area contributed by atoms with Crippen molar-refractivity contribution in [3.05, 3.63) is 52.0 Å². The Kier molecular flexibility index (Phi) is 5.11. The molecule has 0 atom stereocenters. The number of anilines is 2. The Bertz CT molecular complexity index is 838. The number of pyridine rings is 1. The zero-order chi connectivity index (χ0) is 16.9. The maximum absolute atomic E-state index is 11.3. The van der Waals surface area contributed by atoms with E-state index in [9.17, 15) is 5.21 Å². The van der Waals surface area contributed by atoms with Crippen LogP contribution in [-0.2, 0) is 6.54 Å². The van der Waals surface area contributed by atoms with Gasteiger partial charge in [-0.2, -0.15) is 14.3 Å². The van der Waals surface area contributed by atoms with Crippen molar-refractivity contribution < 1.29 is 9.84 Å². The summed E-state index contributed by atoms with van der Waals surface area (Å²) in [6.07, 6.45) is 5.29. The molecule has 8 nitrogen and oxygen atoms in total. The maximum atomic E-state index is 11.3. The van der Waals surface area contributed by atoms with E-state index in [1.165, 1.54) is 12.4 Å². The molecular weight excluding hydrogens is 376 g/mol. The van der Waals surface area contributed by atoms with Gasteiger partial charge in [-0.25, -0.2) is 4.98 Å². The van der Waals surface area contributed by atoms with Gasteiger partial charge in [0.25, 0.3) is 0 Å². The number of nitrogens with zero attached hydrogens (tertiary/aromatic N) is 4. The number of hydrogen-bond acceptors (Lipinski definition) is 6. The van der Waals surface area contributed by atoms with Crippen molar-refractivity contribution in [3.8, 4) is 0 Å². The van der Waals surface area contributed by atoms with Crippen molar-refractivity contribution in [1.29, 1.82) is 0 Å². The molecule has 3 aromatic heterocycles. The molecule has 9 heteroatoms. The summed E-state index contributed by atoms with van der Waals surface area (Å²) in [5.74, 6) is 1.44. The maximum Gasteiger partial charge on any atom is 0.185 e. The summed E-state index contributed by atoms with van der Waals surface area (Å²) < 4.78 is 3.24. The van der Waals surface area contributed by atoms with Crippen molar-refractivity contribution in [2.75, 3.05) is 23.8 Å². The molecule has 0 spiro atoms. The zero-order valence-corrected chi connectivity index (χ0v) is 14.4. The van der Waals surface area contributed by atoms with E-state index in [4.69, 9.17) is 5.11 Å². The van der Waals surface area contributed by atoms with Gasteiger partial charge in [0, 0.05) is 37.4 Å². The van der Waals surface area contributed by atoms with Crippen LogP contribution in [-0.4, -0.2) is 32.9 Å². The second kappa shape index (κ2) is 7.45. The van der Waals surface area contributed by atoms with Crippen LogP contribution in [0.15, 0.2) is 41.3 Å². The van der Waals surface area contributed by atoms with E-state index in [1.54, 1.807) is 16.8 Å². The van der Waals surface area contributed by atoms with Crippen molar-refractivity contribution >= 4 is 33.2 Å². The van der Waals surface area contributed by atoms with E-state index in [2.05, 4.69) is 36.6 Å². The lowest BCUT2D eigenvalue weighted by atomic mass is 10.3. The molecule has 0 aliphatic heterocycles. The van der Waals surface area contributed by atoms with E-state index >= 15 is 0 Å². The van der Waals surface area contributed by atoms with Crippen LogP contribution in [0, 0.1) is 5.21 Å². The molecule has 0 aliphatic rings. The second-order valence-electron chi connectivity index (χ2n) is 5.18. The normalized spacial score (nSPS) is 10.9. The van der Waals surface area contributed by atoms with Gasteiger partial charge in [-0.15, -0.1) is 0 Å². The van der Waals surface area contributed by atoms with Crippen LogP contribution in [0.25, 0.3) is 5.65 Å². The fraction of sp³-hybridized carbons (Fsp3) is 0.267. The highest BCUT2D eigenvalue weighted by Gasteiger charge is 2.10. The molecular formula is C15H17BrN6O2. The SMILES string of the molecule is [O-][n+]1cccc(CNc2cc(NCCCO)nc3c(Br)cnn23)c1. The molecule has 0 saturated carbocycles. The van der Waals surface area contributed by atoms with E-state index in [0.29, 0.717) is 31.0 Å². The monoisotopic (exact) mass is 392 g/mol. The number of aliphatic hydroxyl groups is 1. The highest BCUT2D eigenvalue weighted by molar-refractivity contribution is 9.10. The largest absolute Gasteiger partial charge is 0.619 e. The number of halogens is 1. The average molecular weight is 393 g/mol. The van der Waals surface area contributed by atoms with Crippen LogP contribution in [0.1, 0.15) is 12.0 Å². The smallest absolute Gasteiger partial charge is 0.185 e. The predicted octanol–water partition coefficient (Wildman–Crippen LogP) is 1.53.